The number of aliphatic hydroxyl groups excluding tert-OH is 1. The van der Waals surface area contributed by atoms with Gasteiger partial charge in [-0.15, -0.1) is 0 Å². The number of rotatable bonds is 4. The van der Waals surface area contributed by atoms with E-state index in [1.807, 2.05) is 49.4 Å². The van der Waals surface area contributed by atoms with E-state index in [1.165, 1.54) is 0 Å². The molecule has 0 aromatic heterocycles. The summed E-state index contributed by atoms with van der Waals surface area (Å²) in [4.78, 5) is 0. The zero-order valence-corrected chi connectivity index (χ0v) is 11.8. The molecule has 0 saturated carbocycles. The summed E-state index contributed by atoms with van der Waals surface area (Å²) in [5.74, 6) is 0.793. The van der Waals surface area contributed by atoms with Crippen molar-refractivity contribution in [2.24, 2.45) is 0 Å². The Labute approximate surface area is 118 Å². The highest BCUT2D eigenvalue weighted by Crippen LogP contribution is 2.28. The van der Waals surface area contributed by atoms with E-state index in [0.717, 1.165) is 22.4 Å². The van der Waals surface area contributed by atoms with Crippen molar-refractivity contribution < 1.29 is 9.84 Å². The fourth-order valence-electron chi connectivity index (χ4n) is 2.16. The van der Waals surface area contributed by atoms with Crippen molar-refractivity contribution in [3.05, 3.63) is 64.2 Å². The summed E-state index contributed by atoms with van der Waals surface area (Å²) in [5.41, 5.74) is 2.88. The molecule has 0 amide bonds. The second-order valence-electron chi connectivity index (χ2n) is 4.53. The number of aryl methyl sites for hydroxylation is 1. The fourth-order valence-corrected chi connectivity index (χ4v) is 2.34. The minimum absolute atomic E-state index is 0.505. The molecule has 2 rings (SSSR count). The molecule has 0 aliphatic rings. The molecule has 100 valence electrons. The Morgan fingerprint density at radius 2 is 1.95 bits per heavy atom. The van der Waals surface area contributed by atoms with Gasteiger partial charge in [0.1, 0.15) is 5.75 Å². The summed E-state index contributed by atoms with van der Waals surface area (Å²) >= 11 is 5.99. The lowest BCUT2D eigenvalue weighted by molar-refractivity contribution is 0.176. The highest BCUT2D eigenvalue weighted by Gasteiger charge is 2.14. The van der Waals surface area contributed by atoms with Crippen LogP contribution in [0.15, 0.2) is 42.5 Å². The smallest absolute Gasteiger partial charge is 0.122 e. The van der Waals surface area contributed by atoms with Crippen LogP contribution in [0.5, 0.6) is 5.75 Å². The number of hydrogen-bond acceptors (Lipinski definition) is 2. The van der Waals surface area contributed by atoms with Crippen LogP contribution in [0.1, 0.15) is 22.8 Å². The third-order valence-electron chi connectivity index (χ3n) is 3.21. The van der Waals surface area contributed by atoms with Crippen LogP contribution in [-0.2, 0) is 6.42 Å². The van der Waals surface area contributed by atoms with Gasteiger partial charge in [-0.05, 0) is 41.8 Å². The summed E-state index contributed by atoms with van der Waals surface area (Å²) in [6.07, 6.45) is -0.0828. The molecule has 0 radical (unpaired) electrons. The minimum Gasteiger partial charge on any atom is -0.496 e. The van der Waals surface area contributed by atoms with Crippen LogP contribution in [0.4, 0.5) is 0 Å². The fraction of sp³-hybridized carbons (Fsp3) is 0.250. The van der Waals surface area contributed by atoms with Crippen LogP contribution in [-0.4, -0.2) is 12.2 Å². The summed E-state index contributed by atoms with van der Waals surface area (Å²) < 4.78 is 5.30. The van der Waals surface area contributed by atoms with Gasteiger partial charge in [0.2, 0.25) is 0 Å². The summed E-state index contributed by atoms with van der Waals surface area (Å²) in [7, 11) is 1.63. The average molecular weight is 277 g/mol. The Balaban J connectivity index is 2.25. The van der Waals surface area contributed by atoms with E-state index in [-0.39, 0.29) is 0 Å². The molecular formula is C16H17ClO2. The van der Waals surface area contributed by atoms with Crippen LogP contribution < -0.4 is 4.74 Å². The largest absolute Gasteiger partial charge is 0.496 e. The highest BCUT2D eigenvalue weighted by atomic mass is 35.5. The van der Waals surface area contributed by atoms with Gasteiger partial charge in [-0.2, -0.15) is 0 Å². The number of benzene rings is 2. The standard InChI is InChI=1S/C16H17ClO2/c1-11-7-8-13(17)10-14(11)15(18)9-12-5-3-4-6-16(12)19-2/h3-8,10,15,18H,9H2,1-2H3. The van der Waals surface area contributed by atoms with Gasteiger partial charge in [0.05, 0.1) is 13.2 Å². The molecule has 0 aliphatic carbocycles. The molecule has 2 aromatic carbocycles. The van der Waals surface area contributed by atoms with Gasteiger partial charge < -0.3 is 9.84 Å². The molecule has 2 nitrogen and oxygen atoms in total. The third-order valence-corrected chi connectivity index (χ3v) is 3.44. The topological polar surface area (TPSA) is 29.5 Å². The summed E-state index contributed by atoms with van der Waals surface area (Å²) in [5, 5.41) is 11.0. The maximum Gasteiger partial charge on any atom is 0.122 e. The molecule has 1 N–H and O–H groups in total. The Kier molecular flexibility index (Phi) is 4.46. The first-order valence-corrected chi connectivity index (χ1v) is 6.55. The molecule has 0 saturated heterocycles. The number of ether oxygens (including phenoxy) is 1. The lowest BCUT2D eigenvalue weighted by Crippen LogP contribution is -2.05. The highest BCUT2D eigenvalue weighted by molar-refractivity contribution is 6.30. The molecule has 0 spiro atoms. The van der Waals surface area contributed by atoms with Crippen molar-refractivity contribution >= 4 is 11.6 Å². The number of hydrogen-bond donors (Lipinski definition) is 1. The maximum atomic E-state index is 10.4. The Bertz CT molecular complexity index is 566. The zero-order chi connectivity index (χ0) is 13.8. The number of halogens is 1. The minimum atomic E-state index is -0.588. The van der Waals surface area contributed by atoms with Gasteiger partial charge >= 0.3 is 0 Å². The van der Waals surface area contributed by atoms with Gasteiger partial charge in [0.15, 0.2) is 0 Å². The van der Waals surface area contributed by atoms with Crippen LogP contribution in [0.2, 0.25) is 5.02 Å². The van der Waals surface area contributed by atoms with Gasteiger partial charge in [0.25, 0.3) is 0 Å². The maximum absolute atomic E-state index is 10.4. The Morgan fingerprint density at radius 3 is 2.68 bits per heavy atom. The van der Waals surface area contributed by atoms with Crippen molar-refractivity contribution in [2.45, 2.75) is 19.4 Å². The molecule has 2 aromatic rings. The van der Waals surface area contributed by atoms with Crippen molar-refractivity contribution in [2.75, 3.05) is 7.11 Å². The van der Waals surface area contributed by atoms with Crippen LogP contribution in [0.25, 0.3) is 0 Å². The molecular weight excluding hydrogens is 260 g/mol. The van der Waals surface area contributed by atoms with Gasteiger partial charge in [0, 0.05) is 11.4 Å². The number of aliphatic hydroxyl groups is 1. The van der Waals surface area contributed by atoms with Crippen molar-refractivity contribution in [1.82, 2.24) is 0 Å². The van der Waals surface area contributed by atoms with E-state index in [2.05, 4.69) is 0 Å². The molecule has 1 atom stereocenters. The van der Waals surface area contributed by atoms with E-state index in [0.29, 0.717) is 11.4 Å². The van der Waals surface area contributed by atoms with E-state index in [9.17, 15) is 5.11 Å². The monoisotopic (exact) mass is 276 g/mol. The molecule has 19 heavy (non-hydrogen) atoms. The summed E-state index contributed by atoms with van der Waals surface area (Å²) in [6, 6.07) is 13.3. The van der Waals surface area contributed by atoms with Crippen LogP contribution in [0.3, 0.4) is 0 Å². The van der Waals surface area contributed by atoms with E-state index >= 15 is 0 Å². The molecule has 1 unspecified atom stereocenters. The van der Waals surface area contributed by atoms with Gasteiger partial charge in [-0.1, -0.05) is 35.9 Å². The van der Waals surface area contributed by atoms with E-state index in [1.54, 1.807) is 7.11 Å². The Morgan fingerprint density at radius 1 is 1.21 bits per heavy atom. The lowest BCUT2D eigenvalue weighted by Gasteiger charge is -2.16. The molecule has 0 fully saturated rings. The first-order valence-electron chi connectivity index (χ1n) is 6.18. The Hall–Kier alpha value is -1.51. The molecule has 0 bridgehead atoms. The van der Waals surface area contributed by atoms with Crippen molar-refractivity contribution in [3.63, 3.8) is 0 Å². The SMILES string of the molecule is COc1ccccc1CC(O)c1cc(Cl)ccc1C. The lowest BCUT2D eigenvalue weighted by atomic mass is 9.97. The van der Waals surface area contributed by atoms with E-state index < -0.39 is 6.10 Å². The molecule has 0 heterocycles. The number of methoxy groups -OCH3 is 1. The normalized spacial score (nSPS) is 12.2. The first-order chi connectivity index (χ1) is 9.11. The van der Waals surface area contributed by atoms with E-state index in [4.69, 9.17) is 16.3 Å². The number of para-hydroxylation sites is 1. The predicted octanol–water partition coefficient (Wildman–Crippen LogP) is 3.93. The van der Waals surface area contributed by atoms with Crippen molar-refractivity contribution in [3.8, 4) is 5.75 Å². The zero-order valence-electron chi connectivity index (χ0n) is 11.1. The van der Waals surface area contributed by atoms with Gasteiger partial charge in [-0.25, -0.2) is 0 Å². The third kappa shape index (κ3) is 3.28. The van der Waals surface area contributed by atoms with Crippen LogP contribution >= 0.6 is 11.6 Å². The first kappa shape index (κ1) is 13.9. The predicted molar refractivity (Wildman–Crippen MR) is 77.8 cm³/mol. The van der Waals surface area contributed by atoms with Crippen molar-refractivity contribution in [1.29, 1.82) is 0 Å². The second kappa shape index (κ2) is 6.09. The molecule has 0 aliphatic heterocycles. The molecule has 3 heteroatoms. The average Bonchev–Trinajstić information content (AvgIpc) is 2.42. The quantitative estimate of drug-likeness (QED) is 0.917. The summed E-state index contributed by atoms with van der Waals surface area (Å²) in [6.45, 7) is 1.97. The van der Waals surface area contributed by atoms with Crippen LogP contribution in [0, 0.1) is 6.92 Å². The second-order valence-corrected chi connectivity index (χ2v) is 4.97. The van der Waals surface area contributed by atoms with Gasteiger partial charge in [-0.3, -0.25) is 0 Å².